The molecule has 7 nitrogen and oxygen atoms in total. The van der Waals surface area contributed by atoms with Gasteiger partial charge in [0.25, 0.3) is 11.8 Å². The van der Waals surface area contributed by atoms with Crippen LogP contribution in [-0.2, 0) is 16.2 Å². The molecule has 0 aliphatic carbocycles. The number of amides is 4. The molecule has 1 fully saturated rings. The molecule has 0 spiro atoms. The first-order valence-corrected chi connectivity index (χ1v) is 12.3. The lowest BCUT2D eigenvalue weighted by Crippen LogP contribution is -2.54. The highest BCUT2D eigenvalue weighted by Gasteiger charge is 2.36. The molecule has 1 aliphatic heterocycles. The molecule has 0 saturated carbocycles. The number of aryl methyl sites for hydroxylation is 1. The number of nitrogens with one attached hydrogen (secondary N) is 1. The van der Waals surface area contributed by atoms with E-state index in [1.807, 2.05) is 38.1 Å². The first-order chi connectivity index (χ1) is 17.3. The Kier molecular flexibility index (Phi) is 7.76. The number of hydrogen-bond acceptors (Lipinski definition) is 5. The Labute approximate surface area is 221 Å². The van der Waals surface area contributed by atoms with E-state index in [1.165, 1.54) is 18.2 Å². The molecule has 3 aromatic carbocycles. The summed E-state index contributed by atoms with van der Waals surface area (Å²) in [7, 11) is 0. The van der Waals surface area contributed by atoms with Crippen molar-refractivity contribution in [3.63, 3.8) is 0 Å². The van der Waals surface area contributed by atoms with Crippen LogP contribution in [0.25, 0.3) is 6.08 Å². The van der Waals surface area contributed by atoms with Crippen LogP contribution in [0.5, 0.6) is 11.5 Å². The maximum atomic E-state index is 13.2. The Morgan fingerprint density at radius 1 is 1.03 bits per heavy atom. The summed E-state index contributed by atoms with van der Waals surface area (Å²) in [6.45, 7) is 4.57. The van der Waals surface area contributed by atoms with Crippen molar-refractivity contribution in [1.29, 1.82) is 0 Å². The van der Waals surface area contributed by atoms with Crippen molar-refractivity contribution in [2.75, 3.05) is 11.5 Å². The summed E-state index contributed by atoms with van der Waals surface area (Å²) in [5.74, 6) is -0.595. The fourth-order valence-corrected chi connectivity index (χ4v) is 4.38. The smallest absolute Gasteiger partial charge is 0.335 e. The SMILES string of the molecule is CCOc1cc(/C=C2/C(=O)NC(=O)N(c3ccc(Cl)cc3)C2=O)cc(Br)c1OCc1cccc(C)c1. The standard InChI is InChI=1S/C27H22BrClN2O5/c1-3-35-23-14-18(13-22(28)24(23)36-15-17-6-4-5-16(2)11-17)12-21-25(32)30-27(34)31(26(21)33)20-9-7-19(29)8-10-20/h4-14H,3,15H2,1-2H3,(H,30,32,34)/b21-12-. The zero-order valence-electron chi connectivity index (χ0n) is 19.5. The van der Waals surface area contributed by atoms with Crippen LogP contribution < -0.4 is 19.7 Å². The quantitative estimate of drug-likeness (QED) is 0.276. The topological polar surface area (TPSA) is 84.9 Å². The van der Waals surface area contributed by atoms with Gasteiger partial charge in [0.15, 0.2) is 11.5 Å². The lowest BCUT2D eigenvalue weighted by molar-refractivity contribution is -0.122. The van der Waals surface area contributed by atoms with Gasteiger partial charge < -0.3 is 9.47 Å². The fraction of sp³-hybridized carbons (Fsp3) is 0.148. The molecule has 0 aromatic heterocycles. The molecule has 36 heavy (non-hydrogen) atoms. The molecule has 1 saturated heterocycles. The van der Waals surface area contributed by atoms with Crippen molar-refractivity contribution in [2.45, 2.75) is 20.5 Å². The molecule has 1 aliphatic rings. The van der Waals surface area contributed by atoms with Crippen LogP contribution in [0, 0.1) is 6.92 Å². The summed E-state index contributed by atoms with van der Waals surface area (Å²) in [5.41, 5.74) is 2.73. The molecule has 4 amide bonds. The van der Waals surface area contributed by atoms with Crippen molar-refractivity contribution in [2.24, 2.45) is 0 Å². The summed E-state index contributed by atoms with van der Waals surface area (Å²) in [6.07, 6.45) is 1.41. The zero-order valence-corrected chi connectivity index (χ0v) is 21.9. The largest absolute Gasteiger partial charge is 0.490 e. The predicted octanol–water partition coefficient (Wildman–Crippen LogP) is 6.06. The molecule has 1 heterocycles. The fourth-order valence-electron chi connectivity index (χ4n) is 3.68. The van der Waals surface area contributed by atoms with Gasteiger partial charge in [-0.15, -0.1) is 0 Å². The highest BCUT2D eigenvalue weighted by atomic mass is 79.9. The number of anilines is 1. The summed E-state index contributed by atoms with van der Waals surface area (Å²) >= 11 is 9.44. The van der Waals surface area contributed by atoms with E-state index in [1.54, 1.807) is 24.3 Å². The van der Waals surface area contributed by atoms with Crippen LogP contribution in [0.1, 0.15) is 23.6 Å². The lowest BCUT2D eigenvalue weighted by Gasteiger charge is -2.26. The number of nitrogens with zero attached hydrogens (tertiary/aromatic N) is 1. The normalized spacial score (nSPS) is 14.7. The summed E-state index contributed by atoms with van der Waals surface area (Å²) in [4.78, 5) is 39.0. The summed E-state index contributed by atoms with van der Waals surface area (Å²) < 4.78 is 12.4. The average molecular weight is 570 g/mol. The van der Waals surface area contributed by atoms with Crippen LogP contribution >= 0.6 is 27.5 Å². The van der Waals surface area contributed by atoms with E-state index in [2.05, 4.69) is 21.2 Å². The number of rotatable bonds is 7. The maximum Gasteiger partial charge on any atom is 0.335 e. The second kappa shape index (κ2) is 11.0. The van der Waals surface area contributed by atoms with Gasteiger partial charge in [0.2, 0.25) is 0 Å². The monoisotopic (exact) mass is 568 g/mol. The van der Waals surface area contributed by atoms with E-state index < -0.39 is 17.8 Å². The number of benzene rings is 3. The summed E-state index contributed by atoms with van der Waals surface area (Å²) in [5, 5.41) is 2.66. The van der Waals surface area contributed by atoms with Crippen molar-refractivity contribution in [3.05, 3.63) is 92.4 Å². The van der Waals surface area contributed by atoms with Gasteiger partial charge in [-0.3, -0.25) is 14.9 Å². The van der Waals surface area contributed by atoms with Gasteiger partial charge >= 0.3 is 6.03 Å². The molecule has 184 valence electrons. The molecular formula is C27H22BrClN2O5. The highest BCUT2D eigenvalue weighted by Crippen LogP contribution is 2.38. The van der Waals surface area contributed by atoms with Crippen molar-refractivity contribution >= 4 is 57.1 Å². The molecule has 0 radical (unpaired) electrons. The number of carbonyl (C=O) groups excluding carboxylic acids is 3. The number of halogens is 2. The number of ether oxygens (including phenoxy) is 2. The van der Waals surface area contributed by atoms with E-state index >= 15 is 0 Å². The van der Waals surface area contributed by atoms with Crippen LogP contribution in [0.2, 0.25) is 5.02 Å². The van der Waals surface area contributed by atoms with Gasteiger partial charge in [0, 0.05) is 5.02 Å². The molecule has 4 rings (SSSR count). The van der Waals surface area contributed by atoms with E-state index in [9.17, 15) is 14.4 Å². The first kappa shape index (κ1) is 25.5. The average Bonchev–Trinajstić information content (AvgIpc) is 2.82. The Hall–Kier alpha value is -3.62. The third-order valence-electron chi connectivity index (χ3n) is 5.29. The van der Waals surface area contributed by atoms with E-state index in [4.69, 9.17) is 21.1 Å². The summed E-state index contributed by atoms with van der Waals surface area (Å²) in [6, 6.07) is 16.7. The number of carbonyl (C=O) groups is 3. The number of urea groups is 1. The predicted molar refractivity (Wildman–Crippen MR) is 141 cm³/mol. The van der Waals surface area contributed by atoms with Gasteiger partial charge in [-0.25, -0.2) is 9.69 Å². The van der Waals surface area contributed by atoms with Crippen molar-refractivity contribution in [3.8, 4) is 11.5 Å². The zero-order chi connectivity index (χ0) is 25.8. The minimum atomic E-state index is -0.833. The Balaban J connectivity index is 1.65. The number of hydrogen-bond donors (Lipinski definition) is 1. The second-order valence-corrected chi connectivity index (χ2v) is 9.27. The minimum Gasteiger partial charge on any atom is -0.490 e. The highest BCUT2D eigenvalue weighted by molar-refractivity contribution is 9.10. The molecule has 3 aromatic rings. The van der Waals surface area contributed by atoms with E-state index in [0.29, 0.717) is 39.8 Å². The van der Waals surface area contributed by atoms with E-state index in [0.717, 1.165) is 16.0 Å². The minimum absolute atomic E-state index is 0.202. The molecule has 9 heteroatoms. The second-order valence-electron chi connectivity index (χ2n) is 7.97. The van der Waals surface area contributed by atoms with Gasteiger partial charge in [-0.05, 0) is 83.4 Å². The molecule has 1 N–H and O–H groups in total. The van der Waals surface area contributed by atoms with Gasteiger partial charge in [-0.1, -0.05) is 41.4 Å². The molecule has 0 atom stereocenters. The van der Waals surface area contributed by atoms with Crippen LogP contribution in [0.15, 0.2) is 70.7 Å². The third-order valence-corrected chi connectivity index (χ3v) is 6.14. The van der Waals surface area contributed by atoms with Crippen LogP contribution in [0.4, 0.5) is 10.5 Å². The van der Waals surface area contributed by atoms with Crippen molar-refractivity contribution in [1.82, 2.24) is 5.32 Å². The maximum absolute atomic E-state index is 13.2. The van der Waals surface area contributed by atoms with Gasteiger partial charge in [0.05, 0.1) is 16.8 Å². The number of imide groups is 2. The third kappa shape index (κ3) is 5.61. The van der Waals surface area contributed by atoms with Crippen molar-refractivity contribution < 1.29 is 23.9 Å². The Morgan fingerprint density at radius 2 is 1.78 bits per heavy atom. The van der Waals surface area contributed by atoms with Gasteiger partial charge in [0.1, 0.15) is 12.2 Å². The molecule has 0 unspecified atom stereocenters. The van der Waals surface area contributed by atoms with E-state index in [-0.39, 0.29) is 11.3 Å². The first-order valence-electron chi connectivity index (χ1n) is 11.1. The molecule has 0 bridgehead atoms. The van der Waals surface area contributed by atoms with Crippen LogP contribution in [0.3, 0.4) is 0 Å². The van der Waals surface area contributed by atoms with Gasteiger partial charge in [-0.2, -0.15) is 0 Å². The lowest BCUT2D eigenvalue weighted by atomic mass is 10.1. The van der Waals surface area contributed by atoms with Crippen LogP contribution in [-0.4, -0.2) is 24.5 Å². The Bertz CT molecular complexity index is 1370. The number of barbiturate groups is 1. The Morgan fingerprint density at radius 3 is 2.47 bits per heavy atom. The molecular weight excluding hydrogens is 548 g/mol.